The molecule has 1 amide bonds. The van der Waals surface area contributed by atoms with Gasteiger partial charge >= 0.3 is 0 Å². The highest BCUT2D eigenvalue weighted by molar-refractivity contribution is 7.21. The number of fused-ring (bicyclic) bond motifs is 1. The number of rotatable bonds is 3. The van der Waals surface area contributed by atoms with Gasteiger partial charge in [-0.25, -0.2) is 4.98 Å². The number of carbonyl (C=O) groups is 1. The fraction of sp³-hybridized carbons (Fsp3) is 0. The van der Waals surface area contributed by atoms with Gasteiger partial charge in [0, 0.05) is 23.3 Å². The van der Waals surface area contributed by atoms with E-state index >= 15 is 0 Å². The van der Waals surface area contributed by atoms with Crippen LogP contribution in [0.3, 0.4) is 0 Å². The predicted molar refractivity (Wildman–Crippen MR) is 101 cm³/mol. The second kappa shape index (κ2) is 5.99. The number of amides is 1. The van der Waals surface area contributed by atoms with Gasteiger partial charge in [-0.05, 0) is 29.3 Å². The molecule has 0 aliphatic rings. The molecule has 0 saturated carbocycles. The summed E-state index contributed by atoms with van der Waals surface area (Å²) in [4.78, 5) is 21.5. The number of nitrogen functional groups attached to an aromatic ring is 1. The number of nitrogens with zero attached hydrogens (tertiary/aromatic N) is 2. The summed E-state index contributed by atoms with van der Waals surface area (Å²) in [5, 5.41) is 0.754. The molecule has 0 unspecified atom stereocenters. The Morgan fingerprint density at radius 1 is 1.00 bits per heavy atom. The van der Waals surface area contributed by atoms with Crippen molar-refractivity contribution < 1.29 is 4.79 Å². The Balaban J connectivity index is 2.07. The standard InChI is InChI=1S/C19H14N4OS/c20-16-15-13(11-6-8-22-9-7-11)10-14(12-4-2-1-3-5-12)23-19(15)25-17(16)18(21)24/h1-10H,20H2,(H2,21,24). The van der Waals surface area contributed by atoms with E-state index < -0.39 is 5.91 Å². The van der Waals surface area contributed by atoms with Gasteiger partial charge in [-0.1, -0.05) is 30.3 Å². The number of hydrogen-bond donors (Lipinski definition) is 2. The van der Waals surface area contributed by atoms with Crippen LogP contribution in [-0.4, -0.2) is 15.9 Å². The Labute approximate surface area is 148 Å². The zero-order valence-electron chi connectivity index (χ0n) is 13.1. The number of hydrogen-bond acceptors (Lipinski definition) is 5. The van der Waals surface area contributed by atoms with E-state index in [1.54, 1.807) is 12.4 Å². The normalized spacial score (nSPS) is 10.9. The molecular weight excluding hydrogens is 332 g/mol. The molecule has 0 bridgehead atoms. The van der Waals surface area contributed by atoms with E-state index in [0.717, 1.165) is 27.8 Å². The molecule has 6 heteroatoms. The van der Waals surface area contributed by atoms with Crippen LogP contribution in [-0.2, 0) is 0 Å². The van der Waals surface area contributed by atoms with Crippen LogP contribution < -0.4 is 11.5 Å². The molecule has 0 radical (unpaired) electrons. The third-order valence-corrected chi connectivity index (χ3v) is 5.10. The van der Waals surface area contributed by atoms with Crippen molar-refractivity contribution in [3.05, 3.63) is 65.8 Å². The third kappa shape index (κ3) is 2.62. The van der Waals surface area contributed by atoms with Crippen molar-refractivity contribution in [2.75, 3.05) is 5.73 Å². The summed E-state index contributed by atoms with van der Waals surface area (Å²) in [6.45, 7) is 0. The molecule has 0 atom stereocenters. The largest absolute Gasteiger partial charge is 0.397 e. The molecule has 0 saturated heterocycles. The number of thiophene rings is 1. The lowest BCUT2D eigenvalue weighted by atomic mass is 10.0. The first-order valence-electron chi connectivity index (χ1n) is 7.64. The maximum absolute atomic E-state index is 11.7. The summed E-state index contributed by atoms with van der Waals surface area (Å²) in [7, 11) is 0. The first-order valence-corrected chi connectivity index (χ1v) is 8.45. The van der Waals surface area contributed by atoms with Gasteiger partial charge in [0.1, 0.15) is 9.71 Å². The highest BCUT2D eigenvalue weighted by atomic mass is 32.1. The number of aromatic nitrogens is 2. The molecule has 5 nitrogen and oxygen atoms in total. The van der Waals surface area contributed by atoms with E-state index in [-0.39, 0.29) is 0 Å². The van der Waals surface area contributed by atoms with Crippen LogP contribution in [0.25, 0.3) is 32.6 Å². The molecule has 122 valence electrons. The molecule has 1 aromatic carbocycles. The van der Waals surface area contributed by atoms with Crippen molar-refractivity contribution in [2.24, 2.45) is 5.73 Å². The lowest BCUT2D eigenvalue weighted by Gasteiger charge is -2.08. The molecule has 3 aromatic heterocycles. The van der Waals surface area contributed by atoms with Crippen LogP contribution in [0.4, 0.5) is 5.69 Å². The van der Waals surface area contributed by atoms with Crippen LogP contribution in [0.5, 0.6) is 0 Å². The highest BCUT2D eigenvalue weighted by Crippen LogP contribution is 2.40. The smallest absolute Gasteiger partial charge is 0.260 e. The van der Waals surface area contributed by atoms with Gasteiger partial charge in [0.2, 0.25) is 0 Å². The number of primary amides is 1. The maximum Gasteiger partial charge on any atom is 0.260 e. The molecular formula is C19H14N4OS. The summed E-state index contributed by atoms with van der Waals surface area (Å²) >= 11 is 1.22. The summed E-state index contributed by atoms with van der Waals surface area (Å²) in [6, 6.07) is 15.7. The van der Waals surface area contributed by atoms with Crippen molar-refractivity contribution in [3.63, 3.8) is 0 Å². The summed E-state index contributed by atoms with van der Waals surface area (Å²) in [5.41, 5.74) is 15.7. The van der Waals surface area contributed by atoms with Gasteiger partial charge in [0.25, 0.3) is 5.91 Å². The van der Waals surface area contributed by atoms with Crippen LogP contribution in [0.2, 0.25) is 0 Å². The third-order valence-electron chi connectivity index (χ3n) is 3.98. The lowest BCUT2D eigenvalue weighted by Crippen LogP contribution is -2.10. The van der Waals surface area contributed by atoms with Gasteiger partial charge in [-0.15, -0.1) is 11.3 Å². The molecule has 4 rings (SSSR count). The number of carbonyl (C=O) groups excluding carboxylic acids is 1. The fourth-order valence-corrected chi connectivity index (χ4v) is 3.79. The van der Waals surface area contributed by atoms with Crippen molar-refractivity contribution >= 4 is 33.1 Å². The summed E-state index contributed by atoms with van der Waals surface area (Å²) in [6.07, 6.45) is 3.45. The van der Waals surface area contributed by atoms with E-state index in [1.165, 1.54) is 11.3 Å². The quantitative estimate of drug-likeness (QED) is 0.591. The molecule has 4 N–H and O–H groups in total. The van der Waals surface area contributed by atoms with Crippen molar-refractivity contribution in [3.8, 4) is 22.4 Å². The minimum atomic E-state index is -0.539. The Morgan fingerprint density at radius 2 is 1.72 bits per heavy atom. The van der Waals surface area contributed by atoms with Crippen molar-refractivity contribution in [2.45, 2.75) is 0 Å². The number of benzene rings is 1. The minimum Gasteiger partial charge on any atom is -0.397 e. The van der Waals surface area contributed by atoms with Crippen LogP contribution in [0, 0.1) is 0 Å². The summed E-state index contributed by atoms with van der Waals surface area (Å²) in [5.74, 6) is -0.539. The monoisotopic (exact) mass is 346 g/mol. The highest BCUT2D eigenvalue weighted by Gasteiger charge is 2.20. The van der Waals surface area contributed by atoms with Gasteiger partial charge in [-0.3, -0.25) is 9.78 Å². The Kier molecular flexibility index (Phi) is 3.66. The molecule has 0 aliphatic carbocycles. The Morgan fingerprint density at radius 3 is 2.40 bits per heavy atom. The first-order chi connectivity index (χ1) is 12.1. The minimum absolute atomic E-state index is 0.336. The average molecular weight is 346 g/mol. The van der Waals surface area contributed by atoms with Gasteiger partial charge in [-0.2, -0.15) is 0 Å². The van der Waals surface area contributed by atoms with Crippen LogP contribution in [0.1, 0.15) is 9.67 Å². The Hall–Kier alpha value is -3.25. The second-order valence-electron chi connectivity index (χ2n) is 5.55. The topological polar surface area (TPSA) is 94.9 Å². The van der Waals surface area contributed by atoms with Crippen LogP contribution in [0.15, 0.2) is 60.9 Å². The van der Waals surface area contributed by atoms with Gasteiger partial charge in [0.05, 0.1) is 11.4 Å². The van der Waals surface area contributed by atoms with E-state index in [4.69, 9.17) is 16.5 Å². The zero-order valence-corrected chi connectivity index (χ0v) is 14.0. The van der Waals surface area contributed by atoms with Crippen molar-refractivity contribution in [1.82, 2.24) is 9.97 Å². The van der Waals surface area contributed by atoms with Crippen molar-refractivity contribution in [1.29, 1.82) is 0 Å². The second-order valence-corrected chi connectivity index (χ2v) is 6.55. The first kappa shape index (κ1) is 15.3. The van der Waals surface area contributed by atoms with Gasteiger partial charge < -0.3 is 11.5 Å². The molecule has 3 heterocycles. The van der Waals surface area contributed by atoms with E-state index in [1.807, 2.05) is 48.5 Å². The Bertz CT molecular complexity index is 1070. The van der Waals surface area contributed by atoms with E-state index in [2.05, 4.69) is 4.98 Å². The zero-order chi connectivity index (χ0) is 17.4. The maximum atomic E-state index is 11.7. The van der Waals surface area contributed by atoms with Gasteiger partial charge in [0.15, 0.2) is 0 Å². The summed E-state index contributed by atoms with van der Waals surface area (Å²) < 4.78 is 0. The lowest BCUT2D eigenvalue weighted by molar-refractivity contribution is 0.100. The molecule has 4 aromatic rings. The average Bonchev–Trinajstić information content (AvgIpc) is 2.99. The van der Waals surface area contributed by atoms with E-state index in [0.29, 0.717) is 15.4 Å². The van der Waals surface area contributed by atoms with E-state index in [9.17, 15) is 4.79 Å². The number of anilines is 1. The molecule has 0 aliphatic heterocycles. The predicted octanol–water partition coefficient (Wildman–Crippen LogP) is 3.71. The molecule has 0 spiro atoms. The molecule has 25 heavy (non-hydrogen) atoms. The number of nitrogens with two attached hydrogens (primary N) is 2. The van der Waals surface area contributed by atoms with Crippen LogP contribution >= 0.6 is 11.3 Å². The SMILES string of the molecule is NC(=O)c1sc2nc(-c3ccccc3)cc(-c3ccncc3)c2c1N. The molecule has 0 fully saturated rings. The number of pyridine rings is 2. The fourth-order valence-electron chi connectivity index (χ4n) is 2.82.